The van der Waals surface area contributed by atoms with Crippen LogP contribution in [-0.4, -0.2) is 22.8 Å². The van der Waals surface area contributed by atoms with Gasteiger partial charge in [-0.15, -0.1) is 22.7 Å². The molecule has 1 aromatic carbocycles. The molecule has 0 bridgehead atoms. The van der Waals surface area contributed by atoms with E-state index in [1.54, 1.807) is 22.7 Å². The number of aryl methyl sites for hydroxylation is 3. The molecule has 3 aromatic rings. The molecule has 0 aliphatic rings. The maximum absolute atomic E-state index is 11.2. The van der Waals surface area contributed by atoms with Crippen LogP contribution in [0.4, 0.5) is 10.8 Å². The SMILES string of the molecule is Cc1ccc(N(CCc2scnc2C)c2nc(C=O)c(C)s2)cc1. The first-order chi connectivity index (χ1) is 11.6. The van der Waals surface area contributed by atoms with Crippen LogP contribution >= 0.6 is 22.7 Å². The van der Waals surface area contributed by atoms with Gasteiger partial charge in [-0.3, -0.25) is 4.79 Å². The van der Waals surface area contributed by atoms with Gasteiger partial charge in [0.2, 0.25) is 0 Å². The van der Waals surface area contributed by atoms with Crippen LogP contribution in [0.3, 0.4) is 0 Å². The smallest absolute Gasteiger partial charge is 0.190 e. The van der Waals surface area contributed by atoms with E-state index in [0.29, 0.717) is 5.69 Å². The molecule has 3 rings (SSSR count). The third-order valence-electron chi connectivity index (χ3n) is 3.92. The molecule has 124 valence electrons. The van der Waals surface area contributed by atoms with Gasteiger partial charge in [0.25, 0.3) is 0 Å². The Labute approximate surface area is 149 Å². The molecule has 0 amide bonds. The van der Waals surface area contributed by atoms with E-state index in [0.717, 1.165) is 40.6 Å². The van der Waals surface area contributed by atoms with Crippen LogP contribution < -0.4 is 4.90 Å². The van der Waals surface area contributed by atoms with Gasteiger partial charge in [0.1, 0.15) is 5.69 Å². The molecule has 0 saturated heterocycles. The number of aromatic nitrogens is 2. The minimum absolute atomic E-state index is 0.529. The van der Waals surface area contributed by atoms with Crippen LogP contribution in [0.5, 0.6) is 0 Å². The van der Waals surface area contributed by atoms with Crippen molar-refractivity contribution in [2.45, 2.75) is 27.2 Å². The summed E-state index contributed by atoms with van der Waals surface area (Å²) < 4.78 is 0. The Balaban J connectivity index is 1.92. The first-order valence-electron chi connectivity index (χ1n) is 7.74. The van der Waals surface area contributed by atoms with Gasteiger partial charge in [-0.25, -0.2) is 9.97 Å². The highest BCUT2D eigenvalue weighted by molar-refractivity contribution is 7.15. The molecule has 6 heteroatoms. The van der Waals surface area contributed by atoms with Crippen LogP contribution in [0.1, 0.15) is 31.5 Å². The summed E-state index contributed by atoms with van der Waals surface area (Å²) in [5.41, 5.74) is 5.82. The summed E-state index contributed by atoms with van der Waals surface area (Å²) in [6.45, 7) is 6.86. The summed E-state index contributed by atoms with van der Waals surface area (Å²) in [5.74, 6) is 0. The molecule has 0 aliphatic heterocycles. The molecular formula is C18H19N3OS2. The zero-order valence-electron chi connectivity index (χ0n) is 13.9. The van der Waals surface area contributed by atoms with Gasteiger partial charge < -0.3 is 4.90 Å². The van der Waals surface area contributed by atoms with Crippen molar-refractivity contribution in [3.8, 4) is 0 Å². The van der Waals surface area contributed by atoms with E-state index in [2.05, 4.69) is 46.1 Å². The van der Waals surface area contributed by atoms with Crippen molar-refractivity contribution in [2.75, 3.05) is 11.4 Å². The average Bonchev–Trinajstić information content (AvgIpc) is 3.15. The molecule has 4 nitrogen and oxygen atoms in total. The Morgan fingerprint density at radius 1 is 1.17 bits per heavy atom. The van der Waals surface area contributed by atoms with E-state index in [4.69, 9.17) is 0 Å². The van der Waals surface area contributed by atoms with Gasteiger partial charge in [-0.1, -0.05) is 17.7 Å². The molecule has 0 unspecified atom stereocenters. The van der Waals surface area contributed by atoms with Crippen molar-refractivity contribution in [2.24, 2.45) is 0 Å². The monoisotopic (exact) mass is 357 g/mol. The Morgan fingerprint density at radius 2 is 1.92 bits per heavy atom. The van der Waals surface area contributed by atoms with Gasteiger partial charge in [0, 0.05) is 28.4 Å². The first-order valence-corrected chi connectivity index (χ1v) is 9.44. The van der Waals surface area contributed by atoms with E-state index < -0.39 is 0 Å². The van der Waals surface area contributed by atoms with Crippen LogP contribution in [0, 0.1) is 20.8 Å². The fourth-order valence-electron chi connectivity index (χ4n) is 2.46. The Bertz CT molecular complexity index is 836. The lowest BCUT2D eigenvalue weighted by molar-refractivity contribution is 0.111. The lowest BCUT2D eigenvalue weighted by Crippen LogP contribution is -2.20. The molecule has 24 heavy (non-hydrogen) atoms. The average molecular weight is 358 g/mol. The minimum Gasteiger partial charge on any atom is -0.317 e. The van der Waals surface area contributed by atoms with Crippen molar-refractivity contribution in [1.29, 1.82) is 0 Å². The lowest BCUT2D eigenvalue weighted by Gasteiger charge is -2.22. The van der Waals surface area contributed by atoms with Crippen molar-refractivity contribution >= 4 is 39.8 Å². The molecule has 0 fully saturated rings. The highest BCUT2D eigenvalue weighted by atomic mass is 32.1. The predicted octanol–water partition coefficient (Wildman–Crippen LogP) is 4.72. The zero-order chi connectivity index (χ0) is 17.1. The summed E-state index contributed by atoms with van der Waals surface area (Å²) >= 11 is 3.25. The number of carbonyl (C=O) groups excluding carboxylic acids is 1. The summed E-state index contributed by atoms with van der Waals surface area (Å²) in [7, 11) is 0. The number of carbonyl (C=O) groups is 1. The molecule has 2 heterocycles. The van der Waals surface area contributed by atoms with Crippen molar-refractivity contribution < 1.29 is 4.79 Å². The summed E-state index contributed by atoms with van der Waals surface area (Å²) in [6, 6.07) is 8.40. The maximum atomic E-state index is 11.2. The largest absolute Gasteiger partial charge is 0.317 e. The second-order valence-electron chi connectivity index (χ2n) is 5.65. The number of benzene rings is 1. The fourth-order valence-corrected chi connectivity index (χ4v) is 4.15. The van der Waals surface area contributed by atoms with Crippen molar-refractivity contribution in [1.82, 2.24) is 9.97 Å². The Hall–Kier alpha value is -2.05. The van der Waals surface area contributed by atoms with Gasteiger partial charge in [0.05, 0.1) is 11.2 Å². The van der Waals surface area contributed by atoms with Crippen LogP contribution in [0.25, 0.3) is 0 Å². The molecule has 2 aromatic heterocycles. The third-order valence-corrected chi connectivity index (χ3v) is 5.92. The molecule has 0 atom stereocenters. The summed E-state index contributed by atoms with van der Waals surface area (Å²) in [4.78, 5) is 24.4. The zero-order valence-corrected chi connectivity index (χ0v) is 15.6. The maximum Gasteiger partial charge on any atom is 0.190 e. The van der Waals surface area contributed by atoms with Crippen LogP contribution in [0.2, 0.25) is 0 Å². The van der Waals surface area contributed by atoms with E-state index in [1.165, 1.54) is 10.4 Å². The number of hydrogen-bond donors (Lipinski definition) is 0. The van der Waals surface area contributed by atoms with Crippen LogP contribution in [-0.2, 0) is 6.42 Å². The Morgan fingerprint density at radius 3 is 2.50 bits per heavy atom. The quantitative estimate of drug-likeness (QED) is 0.599. The number of nitrogens with zero attached hydrogens (tertiary/aromatic N) is 3. The molecule has 0 radical (unpaired) electrons. The summed E-state index contributed by atoms with van der Waals surface area (Å²) in [6.07, 6.45) is 1.73. The van der Waals surface area contributed by atoms with Crippen molar-refractivity contribution in [3.63, 3.8) is 0 Å². The number of rotatable bonds is 6. The normalized spacial score (nSPS) is 10.8. The molecule has 0 saturated carbocycles. The minimum atomic E-state index is 0.529. The fraction of sp³-hybridized carbons (Fsp3) is 0.278. The first kappa shape index (κ1) is 16.8. The van der Waals surface area contributed by atoms with Crippen molar-refractivity contribution in [3.05, 3.63) is 56.5 Å². The molecular weight excluding hydrogens is 338 g/mol. The molecule has 0 N–H and O–H groups in total. The molecule has 0 spiro atoms. The topological polar surface area (TPSA) is 46.1 Å². The standard InChI is InChI=1S/C18H19N3OS2/c1-12-4-6-15(7-5-12)21(9-8-17-13(2)19-11-23-17)18-20-16(10-22)14(3)24-18/h4-7,10-11H,8-9H2,1-3H3. The summed E-state index contributed by atoms with van der Waals surface area (Å²) in [5, 5.41) is 0.862. The Kier molecular flexibility index (Phi) is 5.06. The van der Waals surface area contributed by atoms with E-state index in [9.17, 15) is 4.79 Å². The van der Waals surface area contributed by atoms with Crippen LogP contribution in [0.15, 0.2) is 29.8 Å². The molecule has 0 aliphatic carbocycles. The predicted molar refractivity (Wildman–Crippen MR) is 101 cm³/mol. The number of anilines is 2. The van der Waals surface area contributed by atoms with E-state index >= 15 is 0 Å². The van der Waals surface area contributed by atoms with Gasteiger partial charge in [0.15, 0.2) is 11.4 Å². The second kappa shape index (κ2) is 7.23. The van der Waals surface area contributed by atoms with Gasteiger partial charge in [-0.2, -0.15) is 0 Å². The number of hydrogen-bond acceptors (Lipinski definition) is 6. The third kappa shape index (κ3) is 3.55. The van der Waals surface area contributed by atoms with Gasteiger partial charge >= 0.3 is 0 Å². The lowest BCUT2D eigenvalue weighted by atomic mass is 10.2. The highest BCUT2D eigenvalue weighted by Crippen LogP contribution is 2.31. The van der Waals surface area contributed by atoms with E-state index in [1.807, 2.05) is 19.4 Å². The van der Waals surface area contributed by atoms with E-state index in [-0.39, 0.29) is 0 Å². The number of thiazole rings is 2. The second-order valence-corrected chi connectivity index (χ2v) is 7.77. The highest BCUT2D eigenvalue weighted by Gasteiger charge is 2.16. The number of aldehydes is 1. The van der Waals surface area contributed by atoms with Gasteiger partial charge in [-0.05, 0) is 32.9 Å².